The fraction of sp³-hybridized carbons (Fsp3) is 0.429. The van der Waals surface area contributed by atoms with Crippen LogP contribution < -0.4 is 5.73 Å². The van der Waals surface area contributed by atoms with Crippen molar-refractivity contribution >= 4 is 10.9 Å². The smallest absolute Gasteiger partial charge is 0.0480 e. The van der Waals surface area contributed by atoms with E-state index in [0.29, 0.717) is 6.54 Å². The van der Waals surface area contributed by atoms with E-state index < -0.39 is 0 Å². The molecular formula is C14H20N2. The molecule has 2 heteroatoms. The number of nitrogens with two attached hydrogens (primary N) is 1. The van der Waals surface area contributed by atoms with Crippen LogP contribution in [0.15, 0.2) is 30.5 Å². The van der Waals surface area contributed by atoms with Gasteiger partial charge in [0.25, 0.3) is 0 Å². The number of rotatable bonds is 4. The van der Waals surface area contributed by atoms with E-state index in [2.05, 4.69) is 48.9 Å². The lowest BCUT2D eigenvalue weighted by atomic mass is 10.1. The van der Waals surface area contributed by atoms with Crippen LogP contribution >= 0.6 is 0 Å². The zero-order valence-electron chi connectivity index (χ0n) is 10.1. The summed E-state index contributed by atoms with van der Waals surface area (Å²) in [6, 6.07) is 8.66. The topological polar surface area (TPSA) is 30.9 Å². The molecule has 1 unspecified atom stereocenters. The highest BCUT2D eigenvalue weighted by Gasteiger charge is 2.04. The van der Waals surface area contributed by atoms with Gasteiger partial charge in [-0.3, -0.25) is 0 Å². The van der Waals surface area contributed by atoms with Crippen molar-refractivity contribution < 1.29 is 0 Å². The molecule has 16 heavy (non-hydrogen) atoms. The molecule has 2 rings (SSSR count). The fourth-order valence-electron chi connectivity index (χ4n) is 2.00. The van der Waals surface area contributed by atoms with E-state index in [1.807, 2.05) is 0 Å². The van der Waals surface area contributed by atoms with Crippen molar-refractivity contribution in [1.82, 2.24) is 4.57 Å². The zero-order valence-corrected chi connectivity index (χ0v) is 10.1. The third-order valence-corrected chi connectivity index (χ3v) is 3.28. The Kier molecular flexibility index (Phi) is 3.30. The van der Waals surface area contributed by atoms with Gasteiger partial charge in [-0.1, -0.05) is 26.3 Å². The predicted octanol–water partition coefficient (Wildman–Crippen LogP) is 3.15. The van der Waals surface area contributed by atoms with Crippen LogP contribution in [-0.2, 0) is 13.1 Å². The van der Waals surface area contributed by atoms with Crippen molar-refractivity contribution in [2.45, 2.75) is 33.4 Å². The molecule has 0 aliphatic heterocycles. The van der Waals surface area contributed by atoms with Gasteiger partial charge in [0.15, 0.2) is 0 Å². The highest BCUT2D eigenvalue weighted by Crippen LogP contribution is 2.19. The molecule has 2 N–H and O–H groups in total. The van der Waals surface area contributed by atoms with Gasteiger partial charge in [-0.2, -0.15) is 0 Å². The average molecular weight is 216 g/mol. The normalized spacial score (nSPS) is 13.2. The Hall–Kier alpha value is -1.28. The van der Waals surface area contributed by atoms with E-state index in [0.717, 1.165) is 12.5 Å². The van der Waals surface area contributed by atoms with Crippen LogP contribution in [0.1, 0.15) is 25.8 Å². The first-order valence-electron chi connectivity index (χ1n) is 6.02. The van der Waals surface area contributed by atoms with Gasteiger partial charge in [-0.15, -0.1) is 0 Å². The molecule has 0 saturated heterocycles. The fourth-order valence-corrected chi connectivity index (χ4v) is 2.00. The molecule has 1 heterocycles. The molecular weight excluding hydrogens is 196 g/mol. The van der Waals surface area contributed by atoms with Gasteiger partial charge in [-0.25, -0.2) is 0 Å². The second-order valence-electron chi connectivity index (χ2n) is 4.58. The van der Waals surface area contributed by atoms with Gasteiger partial charge in [-0.05, 0) is 35.1 Å². The molecule has 0 bridgehead atoms. The summed E-state index contributed by atoms with van der Waals surface area (Å²) in [5, 5.41) is 1.30. The summed E-state index contributed by atoms with van der Waals surface area (Å²) < 4.78 is 2.34. The summed E-state index contributed by atoms with van der Waals surface area (Å²) in [6.45, 7) is 6.25. The molecule has 1 atom stereocenters. The quantitative estimate of drug-likeness (QED) is 0.836. The molecule has 2 aromatic rings. The summed E-state index contributed by atoms with van der Waals surface area (Å²) in [4.78, 5) is 0. The standard InChI is InChI=1S/C14H20N2/c1-3-11(2)10-16-7-6-13-8-12(9-15)4-5-14(13)16/h4-8,11H,3,9-10,15H2,1-2H3. The molecule has 0 spiro atoms. The van der Waals surface area contributed by atoms with E-state index >= 15 is 0 Å². The average Bonchev–Trinajstić information content (AvgIpc) is 2.71. The number of benzene rings is 1. The molecule has 0 fully saturated rings. The maximum absolute atomic E-state index is 5.64. The third kappa shape index (κ3) is 2.12. The SMILES string of the molecule is CCC(C)Cn1ccc2cc(CN)ccc21. The Bertz CT molecular complexity index is 471. The van der Waals surface area contributed by atoms with Gasteiger partial charge >= 0.3 is 0 Å². The van der Waals surface area contributed by atoms with Gasteiger partial charge in [0.05, 0.1) is 0 Å². The lowest BCUT2D eigenvalue weighted by Gasteiger charge is -2.11. The number of hydrogen-bond donors (Lipinski definition) is 1. The first-order chi connectivity index (χ1) is 7.74. The maximum Gasteiger partial charge on any atom is 0.0480 e. The molecule has 1 aromatic carbocycles. The predicted molar refractivity (Wildman–Crippen MR) is 69.3 cm³/mol. The van der Waals surface area contributed by atoms with Crippen LogP contribution in [0, 0.1) is 5.92 Å². The lowest BCUT2D eigenvalue weighted by Crippen LogP contribution is -2.05. The minimum absolute atomic E-state index is 0.618. The Balaban J connectivity index is 2.34. The van der Waals surface area contributed by atoms with Crippen LogP contribution in [0.4, 0.5) is 0 Å². The second-order valence-corrected chi connectivity index (χ2v) is 4.58. The van der Waals surface area contributed by atoms with E-state index in [-0.39, 0.29) is 0 Å². The van der Waals surface area contributed by atoms with Crippen LogP contribution in [0.2, 0.25) is 0 Å². The third-order valence-electron chi connectivity index (χ3n) is 3.28. The summed E-state index contributed by atoms with van der Waals surface area (Å²) in [7, 11) is 0. The molecule has 0 amide bonds. The van der Waals surface area contributed by atoms with Crippen molar-refractivity contribution in [1.29, 1.82) is 0 Å². The summed E-state index contributed by atoms with van der Waals surface area (Å²) >= 11 is 0. The number of nitrogens with zero attached hydrogens (tertiary/aromatic N) is 1. The van der Waals surface area contributed by atoms with Crippen molar-refractivity contribution in [3.05, 3.63) is 36.0 Å². The van der Waals surface area contributed by atoms with Crippen molar-refractivity contribution in [2.24, 2.45) is 11.7 Å². The maximum atomic E-state index is 5.64. The van der Waals surface area contributed by atoms with E-state index in [1.165, 1.54) is 22.9 Å². The van der Waals surface area contributed by atoms with Crippen LogP contribution in [0.3, 0.4) is 0 Å². The molecule has 1 aromatic heterocycles. The van der Waals surface area contributed by atoms with Crippen molar-refractivity contribution in [3.63, 3.8) is 0 Å². The van der Waals surface area contributed by atoms with Gasteiger partial charge in [0.2, 0.25) is 0 Å². The van der Waals surface area contributed by atoms with Crippen molar-refractivity contribution in [3.8, 4) is 0 Å². The molecule has 0 aliphatic carbocycles. The Labute approximate surface area is 97.1 Å². The van der Waals surface area contributed by atoms with Gasteiger partial charge in [0, 0.05) is 24.8 Å². The Morgan fingerprint density at radius 2 is 2.12 bits per heavy atom. The second kappa shape index (κ2) is 4.71. The van der Waals surface area contributed by atoms with E-state index in [4.69, 9.17) is 5.73 Å². The highest BCUT2D eigenvalue weighted by molar-refractivity contribution is 5.80. The minimum atomic E-state index is 0.618. The van der Waals surface area contributed by atoms with Crippen LogP contribution in [-0.4, -0.2) is 4.57 Å². The molecule has 0 aliphatic rings. The largest absolute Gasteiger partial charge is 0.347 e. The molecule has 86 valence electrons. The Morgan fingerprint density at radius 1 is 1.31 bits per heavy atom. The Morgan fingerprint density at radius 3 is 2.81 bits per heavy atom. The van der Waals surface area contributed by atoms with Crippen LogP contribution in [0.5, 0.6) is 0 Å². The zero-order chi connectivity index (χ0) is 11.5. The number of aromatic nitrogens is 1. The van der Waals surface area contributed by atoms with E-state index in [1.54, 1.807) is 0 Å². The minimum Gasteiger partial charge on any atom is -0.347 e. The summed E-state index contributed by atoms with van der Waals surface area (Å²) in [5.74, 6) is 0.727. The first-order valence-corrected chi connectivity index (χ1v) is 6.02. The number of hydrogen-bond acceptors (Lipinski definition) is 1. The van der Waals surface area contributed by atoms with Crippen LogP contribution in [0.25, 0.3) is 10.9 Å². The van der Waals surface area contributed by atoms with E-state index in [9.17, 15) is 0 Å². The molecule has 2 nitrogen and oxygen atoms in total. The monoisotopic (exact) mass is 216 g/mol. The molecule has 0 radical (unpaired) electrons. The van der Waals surface area contributed by atoms with Crippen molar-refractivity contribution in [2.75, 3.05) is 0 Å². The number of fused-ring (bicyclic) bond motifs is 1. The highest BCUT2D eigenvalue weighted by atomic mass is 15.0. The summed E-state index contributed by atoms with van der Waals surface area (Å²) in [5.41, 5.74) is 8.16. The first kappa shape index (κ1) is 11.2. The lowest BCUT2D eigenvalue weighted by molar-refractivity contribution is 0.477. The van der Waals surface area contributed by atoms with Gasteiger partial charge < -0.3 is 10.3 Å². The van der Waals surface area contributed by atoms with Gasteiger partial charge in [0.1, 0.15) is 0 Å². The molecule has 0 saturated carbocycles. The summed E-state index contributed by atoms with van der Waals surface area (Å²) in [6.07, 6.45) is 3.40.